The van der Waals surface area contributed by atoms with Gasteiger partial charge in [-0.3, -0.25) is 9.00 Å². The van der Waals surface area contributed by atoms with E-state index in [0.717, 1.165) is 24.2 Å². The van der Waals surface area contributed by atoms with E-state index in [1.807, 2.05) is 18.0 Å². The molecule has 1 aliphatic carbocycles. The Hall–Kier alpha value is -1.16. The lowest BCUT2D eigenvalue weighted by atomic mass is 9.63. The van der Waals surface area contributed by atoms with Gasteiger partial charge in [0.2, 0.25) is 5.91 Å². The maximum absolute atomic E-state index is 11.9. The van der Waals surface area contributed by atoms with Crippen molar-refractivity contribution < 1.29 is 9.00 Å². The summed E-state index contributed by atoms with van der Waals surface area (Å²) < 4.78 is 11.6. The summed E-state index contributed by atoms with van der Waals surface area (Å²) in [4.78, 5) is 14.8. The third-order valence-corrected chi connectivity index (χ3v) is 6.08. The maximum atomic E-state index is 11.9. The van der Waals surface area contributed by atoms with Crippen LogP contribution in [-0.2, 0) is 27.4 Å². The Labute approximate surface area is 122 Å². The highest BCUT2D eigenvalue weighted by atomic mass is 32.2. The molecule has 0 bridgehead atoms. The lowest BCUT2D eigenvalue weighted by molar-refractivity contribution is -0.138. The molecule has 3 rings (SSSR count). The quantitative estimate of drug-likeness (QED) is 0.796. The van der Waals surface area contributed by atoms with Gasteiger partial charge in [-0.2, -0.15) is 0 Å². The van der Waals surface area contributed by atoms with Crippen molar-refractivity contribution in [2.75, 3.05) is 13.3 Å². The monoisotopic (exact) mass is 291 g/mol. The molecule has 20 heavy (non-hydrogen) atoms. The minimum Gasteiger partial charge on any atom is -0.342 e. The Morgan fingerprint density at radius 3 is 2.80 bits per heavy atom. The van der Waals surface area contributed by atoms with Crippen LogP contribution in [0, 0.1) is 0 Å². The van der Waals surface area contributed by atoms with Crippen molar-refractivity contribution in [3.05, 3.63) is 29.3 Å². The molecule has 0 radical (unpaired) electrons. The first-order valence-electron chi connectivity index (χ1n) is 7.16. The average molecular weight is 291 g/mol. The minimum absolute atomic E-state index is 0.0456. The molecule has 1 saturated heterocycles. The van der Waals surface area contributed by atoms with Crippen LogP contribution in [0.5, 0.6) is 0 Å². The van der Waals surface area contributed by atoms with Crippen LogP contribution in [-0.4, -0.2) is 34.4 Å². The Morgan fingerprint density at radius 1 is 1.35 bits per heavy atom. The lowest BCUT2D eigenvalue weighted by Crippen LogP contribution is -2.56. The fraction of sp³-hybridized carbons (Fsp3) is 0.562. The third-order valence-electron chi connectivity index (χ3n) is 5.17. The number of likely N-dealkylation sites (tertiary alicyclic amines) is 1. The third kappa shape index (κ3) is 1.93. The van der Waals surface area contributed by atoms with Crippen LogP contribution < -0.4 is 0 Å². The number of hydrogen-bond acceptors (Lipinski definition) is 2. The summed E-state index contributed by atoms with van der Waals surface area (Å²) in [5, 5.41) is 0. The van der Waals surface area contributed by atoms with Gasteiger partial charge in [0.05, 0.1) is 0 Å². The van der Waals surface area contributed by atoms with E-state index < -0.39 is 10.8 Å². The van der Waals surface area contributed by atoms with Gasteiger partial charge in [-0.15, -0.1) is 0 Å². The Balaban J connectivity index is 2.07. The molecule has 0 spiro atoms. The number of carbonyl (C=O) groups excluding carboxylic acids is 1. The molecule has 3 atom stereocenters. The molecule has 3 nitrogen and oxygen atoms in total. The predicted molar refractivity (Wildman–Crippen MR) is 80.2 cm³/mol. The number of amides is 1. The first kappa shape index (κ1) is 13.8. The highest BCUT2D eigenvalue weighted by Gasteiger charge is 2.46. The number of fused-ring (bicyclic) bond motifs is 3. The zero-order valence-corrected chi connectivity index (χ0v) is 13.1. The molecule has 0 aromatic heterocycles. The summed E-state index contributed by atoms with van der Waals surface area (Å²) in [6.45, 7) is 2.28. The number of aryl methyl sites for hydroxylation is 1. The van der Waals surface area contributed by atoms with E-state index >= 15 is 0 Å². The molecule has 1 aromatic carbocycles. The van der Waals surface area contributed by atoms with Gasteiger partial charge in [-0.05, 0) is 42.5 Å². The predicted octanol–water partition coefficient (Wildman–Crippen LogP) is 2.25. The van der Waals surface area contributed by atoms with Gasteiger partial charge in [0.1, 0.15) is 0 Å². The van der Waals surface area contributed by atoms with Crippen LogP contribution in [0.3, 0.4) is 0 Å². The van der Waals surface area contributed by atoms with Crippen molar-refractivity contribution in [3.8, 4) is 0 Å². The van der Waals surface area contributed by atoms with Crippen molar-refractivity contribution in [1.82, 2.24) is 4.90 Å². The first-order chi connectivity index (χ1) is 9.43. The molecule has 1 heterocycles. The highest BCUT2D eigenvalue weighted by molar-refractivity contribution is 7.84. The molecule has 2 aliphatic rings. The van der Waals surface area contributed by atoms with Gasteiger partial charge in [-0.1, -0.05) is 13.0 Å². The maximum Gasteiger partial charge on any atom is 0.222 e. The van der Waals surface area contributed by atoms with Gasteiger partial charge in [0.25, 0.3) is 0 Å². The normalized spacial score (nSPS) is 30.6. The molecule has 0 N–H and O–H groups in total. The van der Waals surface area contributed by atoms with Crippen molar-refractivity contribution in [2.24, 2.45) is 0 Å². The zero-order chi connectivity index (χ0) is 14.5. The van der Waals surface area contributed by atoms with Gasteiger partial charge in [-0.25, -0.2) is 0 Å². The second kappa shape index (κ2) is 4.69. The number of hydrogen-bond donors (Lipinski definition) is 0. The number of likely N-dealkylation sites (N-methyl/N-ethyl adjacent to an activating group) is 1. The van der Waals surface area contributed by atoms with Crippen molar-refractivity contribution in [1.29, 1.82) is 0 Å². The lowest BCUT2D eigenvalue weighted by Gasteiger charge is -2.50. The standard InChI is InChI=1S/C16H21NO2S/c1-16-9-8-15(18)17(2)14(16)7-4-11-10-12(20(3)19)5-6-13(11)16/h5-6,10,14H,4,7-9H2,1-3H3/t14-,16-,20?/m1/s1. The zero-order valence-electron chi connectivity index (χ0n) is 12.3. The summed E-state index contributed by atoms with van der Waals surface area (Å²) in [6.07, 6.45) is 5.25. The van der Waals surface area contributed by atoms with Crippen molar-refractivity contribution >= 4 is 16.7 Å². The first-order valence-corrected chi connectivity index (χ1v) is 8.72. The van der Waals surface area contributed by atoms with E-state index in [4.69, 9.17) is 0 Å². The van der Waals surface area contributed by atoms with Gasteiger partial charge < -0.3 is 4.90 Å². The number of piperidine rings is 1. The van der Waals surface area contributed by atoms with Gasteiger partial charge in [0, 0.05) is 46.9 Å². The Morgan fingerprint density at radius 2 is 2.10 bits per heavy atom. The Kier molecular flexibility index (Phi) is 3.24. The van der Waals surface area contributed by atoms with Crippen molar-refractivity contribution in [3.63, 3.8) is 0 Å². The average Bonchev–Trinajstić information content (AvgIpc) is 2.43. The van der Waals surface area contributed by atoms with E-state index in [0.29, 0.717) is 12.5 Å². The summed E-state index contributed by atoms with van der Waals surface area (Å²) in [5.41, 5.74) is 2.71. The summed E-state index contributed by atoms with van der Waals surface area (Å²) in [5.74, 6) is 0.266. The van der Waals surface area contributed by atoms with Gasteiger partial charge >= 0.3 is 0 Å². The number of carbonyl (C=O) groups is 1. The summed E-state index contributed by atoms with van der Waals surface area (Å²) in [7, 11) is 1.01. The molecule has 0 saturated carbocycles. The van der Waals surface area contributed by atoms with E-state index in [2.05, 4.69) is 19.1 Å². The molecule has 108 valence electrons. The second-order valence-corrected chi connectivity index (χ2v) is 7.63. The molecule has 1 amide bonds. The van der Waals surface area contributed by atoms with Crippen molar-refractivity contribution in [2.45, 2.75) is 49.0 Å². The van der Waals surface area contributed by atoms with Crippen LogP contribution in [0.4, 0.5) is 0 Å². The number of nitrogens with zero attached hydrogens (tertiary/aromatic N) is 1. The van der Waals surface area contributed by atoms with Crippen LogP contribution in [0.1, 0.15) is 37.3 Å². The molecule has 4 heteroatoms. The van der Waals surface area contributed by atoms with E-state index in [1.54, 1.807) is 6.26 Å². The fourth-order valence-corrected chi connectivity index (χ4v) is 4.51. The second-order valence-electron chi connectivity index (χ2n) is 6.25. The smallest absolute Gasteiger partial charge is 0.222 e. The number of rotatable bonds is 1. The molecule has 1 fully saturated rings. The van der Waals surface area contributed by atoms with Crippen LogP contribution in [0.25, 0.3) is 0 Å². The van der Waals surface area contributed by atoms with E-state index in [1.165, 1.54) is 11.1 Å². The molecule has 1 aliphatic heterocycles. The molecule has 1 aromatic rings. The highest BCUT2D eigenvalue weighted by Crippen LogP contribution is 2.45. The molecular weight excluding hydrogens is 270 g/mol. The SMILES string of the molecule is CN1C(=O)CC[C@]2(C)c3ccc(S(C)=O)cc3CC[C@@H]12. The summed E-state index contributed by atoms with van der Waals surface area (Å²) >= 11 is 0. The molecule has 1 unspecified atom stereocenters. The van der Waals surface area contributed by atoms with E-state index in [-0.39, 0.29) is 11.3 Å². The number of benzene rings is 1. The fourth-order valence-electron chi connectivity index (χ4n) is 3.94. The summed E-state index contributed by atoms with van der Waals surface area (Å²) in [6, 6.07) is 6.53. The minimum atomic E-state index is -0.928. The Bertz CT molecular complexity index is 598. The van der Waals surface area contributed by atoms with Crippen LogP contribution >= 0.6 is 0 Å². The molecular formula is C16H21NO2S. The van der Waals surface area contributed by atoms with Crippen LogP contribution in [0.2, 0.25) is 0 Å². The van der Waals surface area contributed by atoms with E-state index in [9.17, 15) is 9.00 Å². The van der Waals surface area contributed by atoms with Crippen LogP contribution in [0.15, 0.2) is 23.1 Å². The van der Waals surface area contributed by atoms with Gasteiger partial charge in [0.15, 0.2) is 0 Å². The topological polar surface area (TPSA) is 37.4 Å². The largest absolute Gasteiger partial charge is 0.342 e.